The lowest BCUT2D eigenvalue weighted by Crippen LogP contribution is -1.86. The summed E-state index contributed by atoms with van der Waals surface area (Å²) in [6, 6.07) is 0. The van der Waals surface area contributed by atoms with Crippen LogP contribution in [-0.2, 0) is 5.88 Å². The van der Waals surface area contributed by atoms with E-state index in [0.29, 0.717) is 6.29 Å². The minimum Gasteiger partial charge on any atom is -0.296 e. The predicted molar refractivity (Wildman–Crippen MR) is 33.5 cm³/mol. The molecule has 3 nitrogen and oxygen atoms in total. The van der Waals surface area contributed by atoms with E-state index in [-0.39, 0.29) is 17.1 Å². The lowest BCUT2D eigenvalue weighted by atomic mass is 10.3. The maximum absolute atomic E-state index is 12.4. The van der Waals surface area contributed by atoms with Gasteiger partial charge in [0.2, 0.25) is 5.95 Å². The van der Waals surface area contributed by atoms with Gasteiger partial charge in [-0.3, -0.25) is 9.89 Å². The lowest BCUT2D eigenvalue weighted by Gasteiger charge is -1.85. The number of rotatable bonds is 2. The van der Waals surface area contributed by atoms with Gasteiger partial charge in [-0.05, 0) is 0 Å². The molecule has 0 aliphatic rings. The molecule has 0 radical (unpaired) electrons. The summed E-state index contributed by atoms with van der Waals surface area (Å²) in [6.07, 6.45) is 0.456. The van der Waals surface area contributed by atoms with Gasteiger partial charge in [0.05, 0.1) is 11.4 Å². The minimum absolute atomic E-state index is 0.0347. The van der Waals surface area contributed by atoms with Gasteiger partial charge in [0.25, 0.3) is 0 Å². The van der Waals surface area contributed by atoms with Crippen molar-refractivity contribution >= 4 is 17.9 Å². The molecule has 0 aliphatic heterocycles. The number of aldehydes is 1. The van der Waals surface area contributed by atoms with E-state index < -0.39 is 5.95 Å². The van der Waals surface area contributed by atoms with Gasteiger partial charge in [-0.1, -0.05) is 0 Å². The number of carbonyl (C=O) groups is 1. The molecule has 0 atom stereocenters. The third-order valence-corrected chi connectivity index (χ3v) is 1.36. The van der Waals surface area contributed by atoms with Crippen molar-refractivity contribution < 1.29 is 9.18 Å². The third-order valence-electron chi connectivity index (χ3n) is 1.09. The van der Waals surface area contributed by atoms with Crippen molar-refractivity contribution in [3.8, 4) is 0 Å². The highest BCUT2D eigenvalue weighted by atomic mass is 35.5. The molecule has 0 bridgehead atoms. The molecule has 0 fully saturated rings. The summed E-state index contributed by atoms with van der Waals surface area (Å²) in [5.74, 6) is -0.687. The van der Waals surface area contributed by atoms with Gasteiger partial charge in [-0.25, -0.2) is 0 Å². The Morgan fingerprint density at radius 2 is 2.50 bits per heavy atom. The van der Waals surface area contributed by atoms with Crippen LogP contribution in [0.5, 0.6) is 0 Å². The van der Waals surface area contributed by atoms with E-state index >= 15 is 0 Å². The van der Waals surface area contributed by atoms with E-state index in [0.717, 1.165) is 0 Å². The number of alkyl halides is 1. The van der Waals surface area contributed by atoms with Gasteiger partial charge >= 0.3 is 0 Å². The summed E-state index contributed by atoms with van der Waals surface area (Å²) in [5, 5.41) is 5.36. The maximum Gasteiger partial charge on any atom is 0.214 e. The van der Waals surface area contributed by atoms with Crippen LogP contribution in [0.2, 0.25) is 0 Å². The fourth-order valence-electron chi connectivity index (χ4n) is 0.581. The fraction of sp³-hybridized carbons (Fsp3) is 0.200. The molecule has 0 saturated carbocycles. The van der Waals surface area contributed by atoms with Crippen molar-refractivity contribution in [3.63, 3.8) is 0 Å². The van der Waals surface area contributed by atoms with Crippen molar-refractivity contribution in [1.82, 2.24) is 10.2 Å². The second kappa shape index (κ2) is 2.79. The van der Waals surface area contributed by atoms with Crippen LogP contribution < -0.4 is 0 Å². The van der Waals surface area contributed by atoms with Crippen LogP contribution in [0.25, 0.3) is 0 Å². The number of carbonyl (C=O) groups excluding carboxylic acids is 1. The number of hydrogen-bond donors (Lipinski definition) is 1. The van der Waals surface area contributed by atoms with Crippen LogP contribution in [0.1, 0.15) is 16.1 Å². The van der Waals surface area contributed by atoms with Gasteiger partial charge in [-0.15, -0.1) is 11.6 Å². The smallest absolute Gasteiger partial charge is 0.214 e. The first-order valence-corrected chi connectivity index (χ1v) is 3.07. The van der Waals surface area contributed by atoms with Crippen LogP contribution >= 0.6 is 11.6 Å². The molecule has 1 heterocycles. The zero-order valence-corrected chi connectivity index (χ0v) is 5.65. The Morgan fingerprint density at radius 3 is 2.90 bits per heavy atom. The Labute approximate surface area is 61.2 Å². The topological polar surface area (TPSA) is 45.8 Å². The van der Waals surface area contributed by atoms with Crippen LogP contribution in [-0.4, -0.2) is 16.5 Å². The molecule has 0 aromatic carbocycles. The molecule has 0 aliphatic carbocycles. The number of aromatic amines is 1. The van der Waals surface area contributed by atoms with Crippen molar-refractivity contribution in [1.29, 1.82) is 0 Å². The SMILES string of the molecule is O=Cc1n[nH]c(F)c1CCl. The third kappa shape index (κ3) is 1.02. The molecule has 1 rings (SSSR count). The second-order valence-electron chi connectivity index (χ2n) is 1.65. The molecule has 10 heavy (non-hydrogen) atoms. The van der Waals surface area contributed by atoms with E-state index in [1.807, 2.05) is 5.10 Å². The fourth-order valence-corrected chi connectivity index (χ4v) is 0.836. The van der Waals surface area contributed by atoms with Crippen molar-refractivity contribution in [2.24, 2.45) is 0 Å². The average molecular weight is 163 g/mol. The van der Waals surface area contributed by atoms with E-state index in [9.17, 15) is 9.18 Å². The van der Waals surface area contributed by atoms with E-state index in [1.165, 1.54) is 0 Å². The first-order valence-electron chi connectivity index (χ1n) is 2.53. The minimum atomic E-state index is -0.642. The monoisotopic (exact) mass is 162 g/mol. The number of halogens is 2. The number of nitrogens with one attached hydrogen (secondary N) is 1. The Kier molecular flexibility index (Phi) is 2.01. The van der Waals surface area contributed by atoms with Crippen LogP contribution in [0.15, 0.2) is 0 Å². The quantitative estimate of drug-likeness (QED) is 0.523. The van der Waals surface area contributed by atoms with Gasteiger partial charge in [-0.2, -0.15) is 9.49 Å². The van der Waals surface area contributed by atoms with Crippen LogP contribution in [0.3, 0.4) is 0 Å². The number of H-pyrrole nitrogens is 1. The maximum atomic E-state index is 12.4. The molecule has 0 saturated heterocycles. The van der Waals surface area contributed by atoms with Gasteiger partial charge in [0, 0.05) is 0 Å². The molecular formula is C5H4ClFN2O. The Morgan fingerprint density at radius 1 is 1.80 bits per heavy atom. The summed E-state index contributed by atoms with van der Waals surface area (Å²) >= 11 is 5.30. The summed E-state index contributed by atoms with van der Waals surface area (Å²) in [6.45, 7) is 0. The molecule has 1 N–H and O–H groups in total. The highest BCUT2D eigenvalue weighted by Crippen LogP contribution is 2.09. The largest absolute Gasteiger partial charge is 0.296 e. The Balaban J connectivity index is 3.12. The van der Waals surface area contributed by atoms with E-state index in [2.05, 4.69) is 5.10 Å². The molecule has 5 heteroatoms. The summed E-state index contributed by atoms with van der Waals surface area (Å²) < 4.78 is 12.4. The van der Waals surface area contributed by atoms with Gasteiger partial charge in [0.1, 0.15) is 5.69 Å². The van der Waals surface area contributed by atoms with Crippen LogP contribution in [0.4, 0.5) is 4.39 Å². The van der Waals surface area contributed by atoms with Crippen molar-refractivity contribution in [3.05, 3.63) is 17.2 Å². The molecule has 1 aromatic heterocycles. The molecule has 0 amide bonds. The molecule has 1 aromatic rings. The predicted octanol–water partition coefficient (Wildman–Crippen LogP) is 1.10. The Hall–Kier alpha value is -0.900. The first kappa shape index (κ1) is 7.21. The first-order chi connectivity index (χ1) is 4.79. The highest BCUT2D eigenvalue weighted by molar-refractivity contribution is 6.17. The number of hydrogen-bond acceptors (Lipinski definition) is 2. The molecule has 0 unspecified atom stereocenters. The summed E-state index contributed by atoms with van der Waals surface area (Å²) in [4.78, 5) is 10.1. The normalized spacial score (nSPS) is 9.80. The average Bonchev–Trinajstić information content (AvgIpc) is 2.30. The van der Waals surface area contributed by atoms with Gasteiger partial charge < -0.3 is 0 Å². The number of aromatic nitrogens is 2. The highest BCUT2D eigenvalue weighted by Gasteiger charge is 2.09. The van der Waals surface area contributed by atoms with Crippen LogP contribution in [0, 0.1) is 5.95 Å². The Bertz CT molecular complexity index is 248. The van der Waals surface area contributed by atoms with E-state index in [4.69, 9.17) is 11.6 Å². The molecule has 0 spiro atoms. The number of nitrogens with zero attached hydrogens (tertiary/aromatic N) is 1. The summed E-state index contributed by atoms with van der Waals surface area (Å²) in [7, 11) is 0. The standard InChI is InChI=1S/C5H4ClFN2O/c6-1-3-4(2-10)8-9-5(3)7/h2H,1H2,(H,8,9). The molecular weight excluding hydrogens is 159 g/mol. The molecule has 54 valence electrons. The second-order valence-corrected chi connectivity index (χ2v) is 1.92. The van der Waals surface area contributed by atoms with Crippen molar-refractivity contribution in [2.45, 2.75) is 5.88 Å². The zero-order valence-electron chi connectivity index (χ0n) is 4.90. The van der Waals surface area contributed by atoms with Gasteiger partial charge in [0.15, 0.2) is 6.29 Å². The van der Waals surface area contributed by atoms with E-state index in [1.54, 1.807) is 0 Å². The lowest BCUT2D eigenvalue weighted by molar-refractivity contribution is 0.111. The van der Waals surface area contributed by atoms with Crippen molar-refractivity contribution in [2.75, 3.05) is 0 Å². The summed E-state index contributed by atoms with van der Waals surface area (Å²) in [5.41, 5.74) is 0.157. The zero-order chi connectivity index (χ0) is 7.56.